The van der Waals surface area contributed by atoms with Crippen molar-refractivity contribution in [3.8, 4) is 0 Å². The van der Waals surface area contributed by atoms with E-state index >= 15 is 0 Å². The number of methoxy groups -OCH3 is 1. The molecule has 0 saturated heterocycles. The van der Waals surface area contributed by atoms with Gasteiger partial charge in [0.15, 0.2) is 0 Å². The van der Waals surface area contributed by atoms with Crippen molar-refractivity contribution in [2.75, 3.05) is 13.7 Å². The van der Waals surface area contributed by atoms with E-state index in [1.807, 2.05) is 0 Å². The number of esters is 1. The van der Waals surface area contributed by atoms with E-state index in [-0.39, 0.29) is 17.0 Å². The lowest BCUT2D eigenvalue weighted by atomic mass is 9.73. The van der Waals surface area contributed by atoms with Crippen LogP contribution in [-0.2, 0) is 14.3 Å². The average molecular weight is 252 g/mol. The Morgan fingerprint density at radius 3 is 2.56 bits per heavy atom. The highest BCUT2D eigenvalue weighted by molar-refractivity contribution is 5.70. The third-order valence-corrected chi connectivity index (χ3v) is 4.14. The summed E-state index contributed by atoms with van der Waals surface area (Å²) in [5, 5.41) is 0. The van der Waals surface area contributed by atoms with Crippen LogP contribution in [0.1, 0.15) is 40.0 Å². The van der Waals surface area contributed by atoms with Gasteiger partial charge in [-0.3, -0.25) is 4.79 Å². The van der Waals surface area contributed by atoms with E-state index in [9.17, 15) is 4.79 Å². The third-order valence-electron chi connectivity index (χ3n) is 4.14. The summed E-state index contributed by atoms with van der Waals surface area (Å²) in [4.78, 5) is 11.7. The second kappa shape index (κ2) is 4.69. The number of hydrogen-bond donors (Lipinski definition) is 0. The Morgan fingerprint density at radius 1 is 1.39 bits per heavy atom. The summed E-state index contributed by atoms with van der Waals surface area (Å²) >= 11 is 0. The van der Waals surface area contributed by atoms with Gasteiger partial charge in [-0.15, -0.1) is 0 Å². The van der Waals surface area contributed by atoms with Crippen molar-refractivity contribution in [3.05, 3.63) is 12.2 Å². The Balaban J connectivity index is 2.09. The molecule has 0 radical (unpaired) electrons. The number of rotatable bonds is 4. The quantitative estimate of drug-likeness (QED) is 0.570. The maximum Gasteiger partial charge on any atom is 0.306 e. The molecule has 0 heterocycles. The molecule has 3 atom stereocenters. The van der Waals surface area contributed by atoms with Crippen molar-refractivity contribution in [3.63, 3.8) is 0 Å². The van der Waals surface area contributed by atoms with Crippen molar-refractivity contribution in [2.24, 2.45) is 17.3 Å². The lowest BCUT2D eigenvalue weighted by Gasteiger charge is -2.37. The summed E-state index contributed by atoms with van der Waals surface area (Å²) in [7, 11) is 1.46. The molecular formula is C15H24O3. The maximum atomic E-state index is 11.7. The predicted octanol–water partition coefficient (Wildman–Crippen LogP) is 2.95. The zero-order valence-electron chi connectivity index (χ0n) is 11.9. The molecule has 0 amide bonds. The molecule has 0 aliphatic heterocycles. The first kappa shape index (κ1) is 13.6. The van der Waals surface area contributed by atoms with Gasteiger partial charge in [-0.1, -0.05) is 12.2 Å². The van der Waals surface area contributed by atoms with E-state index in [1.165, 1.54) is 13.5 Å². The Hall–Kier alpha value is -0.830. The highest BCUT2D eigenvalue weighted by Gasteiger charge is 2.50. The fourth-order valence-electron chi connectivity index (χ4n) is 3.19. The number of hydrogen-bond acceptors (Lipinski definition) is 3. The summed E-state index contributed by atoms with van der Waals surface area (Å²) in [5.41, 5.74) is -0.200. The molecule has 1 fully saturated rings. The summed E-state index contributed by atoms with van der Waals surface area (Å²) in [6, 6.07) is 0. The van der Waals surface area contributed by atoms with Crippen molar-refractivity contribution < 1.29 is 14.3 Å². The molecule has 3 heteroatoms. The third kappa shape index (κ3) is 2.77. The minimum atomic E-state index is -0.158. The van der Waals surface area contributed by atoms with E-state index in [2.05, 4.69) is 32.9 Å². The molecule has 0 N–H and O–H groups in total. The largest absolute Gasteiger partial charge is 0.469 e. The fourth-order valence-corrected chi connectivity index (χ4v) is 3.19. The number of carbonyl (C=O) groups excluding carboxylic acids is 1. The van der Waals surface area contributed by atoms with Gasteiger partial charge in [-0.25, -0.2) is 0 Å². The zero-order chi connectivity index (χ0) is 13.4. The van der Waals surface area contributed by atoms with E-state index < -0.39 is 0 Å². The molecular weight excluding hydrogens is 228 g/mol. The van der Waals surface area contributed by atoms with Crippen LogP contribution < -0.4 is 0 Å². The van der Waals surface area contributed by atoms with Crippen LogP contribution in [0.3, 0.4) is 0 Å². The highest BCUT2D eigenvalue weighted by Crippen LogP contribution is 2.54. The number of carbonyl (C=O) groups is 1. The molecule has 3 nitrogen and oxygen atoms in total. The molecule has 0 spiro atoms. The monoisotopic (exact) mass is 252 g/mol. The van der Waals surface area contributed by atoms with Crippen LogP contribution in [0.2, 0.25) is 0 Å². The lowest BCUT2D eigenvalue weighted by Crippen LogP contribution is -2.37. The van der Waals surface area contributed by atoms with Crippen LogP contribution in [0, 0.1) is 17.3 Å². The van der Waals surface area contributed by atoms with Crippen LogP contribution in [0.15, 0.2) is 12.2 Å². The smallest absolute Gasteiger partial charge is 0.306 e. The maximum absolute atomic E-state index is 11.7. The second-order valence-electron chi connectivity index (χ2n) is 6.71. The summed E-state index contributed by atoms with van der Waals surface area (Å²) in [5.74, 6) is 0.987. The van der Waals surface area contributed by atoms with Crippen molar-refractivity contribution in [1.29, 1.82) is 0 Å². The zero-order valence-corrected chi connectivity index (χ0v) is 11.9. The molecule has 0 aromatic heterocycles. The van der Waals surface area contributed by atoms with E-state index in [0.717, 1.165) is 6.42 Å². The fraction of sp³-hybridized carbons (Fsp3) is 0.800. The molecule has 2 aliphatic rings. The molecule has 2 bridgehead atoms. The molecule has 3 unspecified atom stereocenters. The predicted molar refractivity (Wildman–Crippen MR) is 70.1 cm³/mol. The second-order valence-corrected chi connectivity index (χ2v) is 6.71. The van der Waals surface area contributed by atoms with E-state index in [4.69, 9.17) is 9.47 Å². The molecule has 0 aromatic carbocycles. The highest BCUT2D eigenvalue weighted by atomic mass is 16.5. The van der Waals surface area contributed by atoms with Crippen LogP contribution in [-0.4, -0.2) is 25.3 Å². The molecule has 2 rings (SSSR count). The molecule has 18 heavy (non-hydrogen) atoms. The van der Waals surface area contributed by atoms with Gasteiger partial charge >= 0.3 is 5.97 Å². The van der Waals surface area contributed by atoms with Gasteiger partial charge < -0.3 is 9.47 Å². The van der Waals surface area contributed by atoms with Gasteiger partial charge in [0.1, 0.15) is 0 Å². The van der Waals surface area contributed by atoms with Crippen LogP contribution in [0.5, 0.6) is 0 Å². The average Bonchev–Trinajstić information content (AvgIpc) is 2.86. The van der Waals surface area contributed by atoms with Crippen LogP contribution in [0.4, 0.5) is 0 Å². The number of fused-ring (bicyclic) bond motifs is 2. The van der Waals surface area contributed by atoms with Gasteiger partial charge in [0, 0.05) is 5.41 Å². The summed E-state index contributed by atoms with van der Waals surface area (Å²) in [6.07, 6.45) is 7.26. The first-order valence-electron chi connectivity index (χ1n) is 6.74. The van der Waals surface area contributed by atoms with E-state index in [0.29, 0.717) is 24.9 Å². The Bertz CT molecular complexity index is 353. The van der Waals surface area contributed by atoms with E-state index in [1.54, 1.807) is 0 Å². The lowest BCUT2D eigenvalue weighted by molar-refractivity contribution is -0.147. The van der Waals surface area contributed by atoms with Gasteiger partial charge in [-0.05, 0) is 45.4 Å². The van der Waals surface area contributed by atoms with Gasteiger partial charge in [0.25, 0.3) is 0 Å². The SMILES string of the molecule is COC(=O)CC1(COC(C)(C)C)CC2C=CC1C2. The van der Waals surface area contributed by atoms with Crippen LogP contribution in [0.25, 0.3) is 0 Å². The topological polar surface area (TPSA) is 35.5 Å². The van der Waals surface area contributed by atoms with Crippen molar-refractivity contribution in [1.82, 2.24) is 0 Å². The first-order valence-corrected chi connectivity index (χ1v) is 6.74. The Morgan fingerprint density at radius 2 is 2.11 bits per heavy atom. The standard InChI is InChI=1S/C15H24O3/c1-14(2,3)18-10-15(9-13(16)17-4)8-11-5-6-12(15)7-11/h5-6,11-12H,7-10H2,1-4H3. The molecule has 2 aliphatic carbocycles. The molecule has 102 valence electrons. The minimum absolute atomic E-state index is 0.0419. The van der Waals surface area contributed by atoms with Crippen molar-refractivity contribution in [2.45, 2.75) is 45.6 Å². The van der Waals surface area contributed by atoms with Gasteiger partial charge in [0.2, 0.25) is 0 Å². The normalized spacial score (nSPS) is 34.0. The Kier molecular flexibility index (Phi) is 3.54. The summed E-state index contributed by atoms with van der Waals surface area (Å²) in [6.45, 7) is 6.82. The first-order chi connectivity index (χ1) is 8.35. The van der Waals surface area contributed by atoms with Crippen molar-refractivity contribution >= 4 is 5.97 Å². The summed E-state index contributed by atoms with van der Waals surface area (Å²) < 4.78 is 10.8. The number of allylic oxidation sites excluding steroid dienone is 2. The van der Waals surface area contributed by atoms with Gasteiger partial charge in [0.05, 0.1) is 25.7 Å². The molecule has 1 saturated carbocycles. The van der Waals surface area contributed by atoms with Gasteiger partial charge in [-0.2, -0.15) is 0 Å². The minimum Gasteiger partial charge on any atom is -0.469 e. The molecule has 0 aromatic rings. The van der Waals surface area contributed by atoms with Crippen LogP contribution >= 0.6 is 0 Å². The number of ether oxygens (including phenoxy) is 2. The Labute approximate surface area is 110 Å².